The Balaban J connectivity index is 1.81. The fraction of sp³-hybridized carbons (Fsp3) is 0.588. The lowest BCUT2D eigenvalue weighted by Gasteiger charge is -2.31. The van der Waals surface area contributed by atoms with Gasteiger partial charge in [0.1, 0.15) is 5.78 Å². The quantitative estimate of drug-likeness (QED) is 0.827. The standard InChI is InChI=1S/C17H23NO/c1-13(19)16-9-5-8-15-10-11-17(16)18(15)12-14-6-3-2-4-7-14/h2-4,6-7,15-17H,5,8-12H2,1H3/t15-,16-,17-/m1/s1. The number of fused-ring (bicyclic) bond motifs is 2. The molecule has 0 amide bonds. The largest absolute Gasteiger partial charge is 0.300 e. The molecule has 0 aliphatic carbocycles. The molecule has 19 heavy (non-hydrogen) atoms. The molecular weight excluding hydrogens is 234 g/mol. The van der Waals surface area contributed by atoms with E-state index in [1.54, 1.807) is 6.92 Å². The Kier molecular flexibility index (Phi) is 3.69. The normalized spacial score (nSPS) is 31.1. The average Bonchev–Trinajstić information content (AvgIpc) is 2.66. The van der Waals surface area contributed by atoms with Crippen LogP contribution in [0.25, 0.3) is 0 Å². The number of hydrogen-bond donors (Lipinski definition) is 0. The number of nitrogens with zero attached hydrogens (tertiary/aromatic N) is 1. The molecule has 2 aliphatic rings. The summed E-state index contributed by atoms with van der Waals surface area (Å²) in [4.78, 5) is 14.5. The van der Waals surface area contributed by atoms with Crippen molar-refractivity contribution < 1.29 is 4.79 Å². The second kappa shape index (κ2) is 5.46. The molecule has 1 aromatic rings. The summed E-state index contributed by atoms with van der Waals surface area (Å²) >= 11 is 0. The lowest BCUT2D eigenvalue weighted by Crippen LogP contribution is -2.40. The van der Waals surface area contributed by atoms with E-state index in [1.807, 2.05) is 0 Å². The highest BCUT2D eigenvalue weighted by atomic mass is 16.1. The molecule has 2 fully saturated rings. The summed E-state index contributed by atoms with van der Waals surface area (Å²) in [5.41, 5.74) is 1.38. The van der Waals surface area contributed by atoms with Crippen LogP contribution in [0.4, 0.5) is 0 Å². The first-order valence-electron chi connectivity index (χ1n) is 7.56. The van der Waals surface area contributed by atoms with E-state index in [9.17, 15) is 4.79 Å². The monoisotopic (exact) mass is 257 g/mol. The SMILES string of the molecule is CC(=O)[C@H]1CCC[C@@H]2CC[C@H]1N2Cc1ccccc1. The Morgan fingerprint density at radius 2 is 1.95 bits per heavy atom. The van der Waals surface area contributed by atoms with Crippen LogP contribution < -0.4 is 0 Å². The Labute approximate surface area is 115 Å². The summed E-state index contributed by atoms with van der Waals surface area (Å²) in [7, 11) is 0. The third kappa shape index (κ3) is 2.59. The smallest absolute Gasteiger partial charge is 0.134 e. The second-order valence-electron chi connectivity index (χ2n) is 6.10. The van der Waals surface area contributed by atoms with Gasteiger partial charge < -0.3 is 0 Å². The van der Waals surface area contributed by atoms with Crippen molar-refractivity contribution in [1.29, 1.82) is 0 Å². The molecule has 2 heterocycles. The molecule has 0 spiro atoms. The number of hydrogen-bond acceptors (Lipinski definition) is 2. The molecule has 3 rings (SSSR count). The topological polar surface area (TPSA) is 20.3 Å². The van der Waals surface area contributed by atoms with Crippen molar-refractivity contribution in [1.82, 2.24) is 4.90 Å². The van der Waals surface area contributed by atoms with Crippen molar-refractivity contribution in [3.63, 3.8) is 0 Å². The zero-order valence-corrected chi connectivity index (χ0v) is 11.7. The second-order valence-corrected chi connectivity index (χ2v) is 6.10. The molecule has 2 nitrogen and oxygen atoms in total. The maximum Gasteiger partial charge on any atom is 0.134 e. The number of benzene rings is 1. The maximum atomic E-state index is 11.9. The maximum absolute atomic E-state index is 11.9. The minimum atomic E-state index is 0.274. The van der Waals surface area contributed by atoms with Gasteiger partial charge in [-0.15, -0.1) is 0 Å². The number of Topliss-reactive ketones (excluding diaryl/α,β-unsaturated/α-hetero) is 1. The van der Waals surface area contributed by atoms with Crippen molar-refractivity contribution in [3.05, 3.63) is 35.9 Å². The van der Waals surface area contributed by atoms with Gasteiger partial charge in [-0.2, -0.15) is 0 Å². The van der Waals surface area contributed by atoms with Gasteiger partial charge in [-0.1, -0.05) is 36.8 Å². The van der Waals surface area contributed by atoms with Crippen molar-refractivity contribution in [3.8, 4) is 0 Å². The molecule has 0 unspecified atom stereocenters. The van der Waals surface area contributed by atoms with Crippen LogP contribution in [0.15, 0.2) is 30.3 Å². The summed E-state index contributed by atoms with van der Waals surface area (Å²) in [6.07, 6.45) is 6.08. The van der Waals surface area contributed by atoms with Crippen LogP contribution in [-0.4, -0.2) is 22.8 Å². The summed E-state index contributed by atoms with van der Waals surface area (Å²) in [6, 6.07) is 11.9. The van der Waals surface area contributed by atoms with Gasteiger partial charge in [-0.25, -0.2) is 0 Å². The first-order valence-corrected chi connectivity index (χ1v) is 7.56. The lowest BCUT2D eigenvalue weighted by molar-refractivity contribution is -0.122. The highest BCUT2D eigenvalue weighted by molar-refractivity contribution is 5.79. The fourth-order valence-electron chi connectivity index (χ4n) is 3.99. The predicted molar refractivity (Wildman–Crippen MR) is 76.8 cm³/mol. The third-order valence-electron chi connectivity index (χ3n) is 4.94. The van der Waals surface area contributed by atoms with Crippen molar-refractivity contribution in [2.75, 3.05) is 0 Å². The number of carbonyl (C=O) groups excluding carboxylic acids is 1. The van der Waals surface area contributed by atoms with Crippen LogP contribution >= 0.6 is 0 Å². The first kappa shape index (κ1) is 12.9. The number of carbonyl (C=O) groups is 1. The molecule has 2 heteroatoms. The van der Waals surface area contributed by atoms with E-state index >= 15 is 0 Å². The van der Waals surface area contributed by atoms with Crippen LogP contribution in [-0.2, 0) is 11.3 Å². The van der Waals surface area contributed by atoms with Crippen LogP contribution in [0, 0.1) is 5.92 Å². The van der Waals surface area contributed by atoms with Gasteiger partial charge in [0.15, 0.2) is 0 Å². The summed E-state index contributed by atoms with van der Waals surface area (Å²) < 4.78 is 0. The average molecular weight is 257 g/mol. The Bertz CT molecular complexity index is 442. The molecule has 0 saturated carbocycles. The Morgan fingerprint density at radius 1 is 1.16 bits per heavy atom. The number of rotatable bonds is 3. The van der Waals surface area contributed by atoms with Crippen molar-refractivity contribution in [2.45, 2.75) is 57.7 Å². The molecular formula is C17H23NO. The fourth-order valence-corrected chi connectivity index (χ4v) is 3.99. The van der Waals surface area contributed by atoms with E-state index in [-0.39, 0.29) is 5.92 Å². The van der Waals surface area contributed by atoms with E-state index < -0.39 is 0 Å². The predicted octanol–water partition coefficient (Wildman–Crippen LogP) is 3.41. The minimum absolute atomic E-state index is 0.274. The lowest BCUT2D eigenvalue weighted by atomic mass is 9.88. The van der Waals surface area contributed by atoms with Crippen LogP contribution in [0.1, 0.15) is 44.6 Å². The molecule has 0 aromatic heterocycles. The van der Waals surface area contributed by atoms with Crippen LogP contribution in [0.3, 0.4) is 0 Å². The van der Waals surface area contributed by atoms with E-state index in [2.05, 4.69) is 35.2 Å². The molecule has 2 bridgehead atoms. The summed E-state index contributed by atoms with van der Waals surface area (Å²) in [6.45, 7) is 2.80. The molecule has 0 N–H and O–H groups in total. The van der Waals surface area contributed by atoms with Crippen LogP contribution in [0.2, 0.25) is 0 Å². The van der Waals surface area contributed by atoms with E-state index in [0.29, 0.717) is 17.9 Å². The van der Waals surface area contributed by atoms with E-state index in [0.717, 1.165) is 13.0 Å². The highest BCUT2D eigenvalue weighted by Gasteiger charge is 2.41. The Hall–Kier alpha value is -1.15. The molecule has 3 atom stereocenters. The molecule has 0 radical (unpaired) electrons. The molecule has 2 saturated heterocycles. The molecule has 1 aromatic carbocycles. The zero-order chi connectivity index (χ0) is 13.2. The van der Waals surface area contributed by atoms with Crippen LogP contribution in [0.5, 0.6) is 0 Å². The molecule has 102 valence electrons. The van der Waals surface area contributed by atoms with Gasteiger partial charge in [0.25, 0.3) is 0 Å². The van der Waals surface area contributed by atoms with Gasteiger partial charge in [-0.3, -0.25) is 9.69 Å². The zero-order valence-electron chi connectivity index (χ0n) is 11.7. The highest BCUT2D eigenvalue weighted by Crippen LogP contribution is 2.38. The number of ketones is 1. The summed E-state index contributed by atoms with van der Waals surface area (Å²) in [5.74, 6) is 0.668. The first-order chi connectivity index (χ1) is 9.25. The van der Waals surface area contributed by atoms with E-state index in [1.165, 1.54) is 31.2 Å². The summed E-state index contributed by atoms with van der Waals surface area (Å²) in [5, 5.41) is 0. The van der Waals surface area contributed by atoms with Gasteiger partial charge >= 0.3 is 0 Å². The molecule has 2 aliphatic heterocycles. The van der Waals surface area contributed by atoms with Gasteiger partial charge in [-0.05, 0) is 38.2 Å². The van der Waals surface area contributed by atoms with Gasteiger partial charge in [0.2, 0.25) is 0 Å². The van der Waals surface area contributed by atoms with Gasteiger partial charge in [0.05, 0.1) is 0 Å². The van der Waals surface area contributed by atoms with Crippen molar-refractivity contribution in [2.24, 2.45) is 5.92 Å². The minimum Gasteiger partial charge on any atom is -0.300 e. The Morgan fingerprint density at radius 3 is 2.68 bits per heavy atom. The van der Waals surface area contributed by atoms with E-state index in [4.69, 9.17) is 0 Å². The third-order valence-corrected chi connectivity index (χ3v) is 4.94. The van der Waals surface area contributed by atoms with Crippen molar-refractivity contribution >= 4 is 5.78 Å². The van der Waals surface area contributed by atoms with Gasteiger partial charge in [0, 0.05) is 24.5 Å².